The Morgan fingerprint density at radius 1 is 1.11 bits per heavy atom. The molecule has 140 valence electrons. The number of esters is 1. The van der Waals surface area contributed by atoms with Gasteiger partial charge in [-0.05, 0) is 24.3 Å². The minimum absolute atomic E-state index is 0.156. The van der Waals surface area contributed by atoms with Crippen LogP contribution in [0.2, 0.25) is 0 Å². The smallest absolute Gasteiger partial charge is 0.313 e. The lowest BCUT2D eigenvalue weighted by atomic mass is 10.1. The number of para-hydroxylation sites is 1. The first kappa shape index (κ1) is 18.5. The maximum atomic E-state index is 12.6. The van der Waals surface area contributed by atoms with Gasteiger partial charge in [0.05, 0.1) is 25.7 Å². The Kier molecular flexibility index (Phi) is 5.16. The molecule has 0 aliphatic carbocycles. The highest BCUT2D eigenvalue weighted by Crippen LogP contribution is 2.37. The summed E-state index contributed by atoms with van der Waals surface area (Å²) in [4.78, 5) is 24.4. The predicted octanol–water partition coefficient (Wildman–Crippen LogP) is 3.88. The minimum atomic E-state index is -0.351. The minimum Gasteiger partial charge on any atom is -0.493 e. The zero-order valence-corrected chi connectivity index (χ0v) is 15.6. The molecule has 2 aromatic carbocycles. The van der Waals surface area contributed by atoms with Crippen LogP contribution < -0.4 is 18.9 Å². The molecule has 1 heterocycles. The van der Waals surface area contributed by atoms with Gasteiger partial charge in [0.1, 0.15) is 11.5 Å². The van der Waals surface area contributed by atoms with E-state index in [0.717, 1.165) is 0 Å². The molecule has 1 aliphatic rings. The SMILES string of the molecule is COc1cccc(/C=C2\Oc3cc(OC(=O)C(C)C)ccc3C2=O)c1OC. The van der Waals surface area contributed by atoms with Crippen LogP contribution in [0.5, 0.6) is 23.0 Å². The summed E-state index contributed by atoms with van der Waals surface area (Å²) in [6, 6.07) is 10.1. The summed E-state index contributed by atoms with van der Waals surface area (Å²) < 4.78 is 21.6. The zero-order chi connectivity index (χ0) is 19.6. The van der Waals surface area contributed by atoms with Crippen LogP contribution in [0.3, 0.4) is 0 Å². The summed E-state index contributed by atoms with van der Waals surface area (Å²) in [6.45, 7) is 3.50. The van der Waals surface area contributed by atoms with E-state index >= 15 is 0 Å². The Hall–Kier alpha value is -3.28. The van der Waals surface area contributed by atoms with Gasteiger partial charge >= 0.3 is 5.97 Å². The van der Waals surface area contributed by atoms with Gasteiger partial charge in [-0.3, -0.25) is 9.59 Å². The third kappa shape index (κ3) is 3.65. The van der Waals surface area contributed by atoms with Crippen LogP contribution in [0, 0.1) is 5.92 Å². The Bertz CT molecular complexity index is 926. The van der Waals surface area contributed by atoms with Crippen molar-refractivity contribution >= 4 is 17.8 Å². The molecule has 3 rings (SSSR count). The van der Waals surface area contributed by atoms with E-state index in [2.05, 4.69) is 0 Å². The lowest BCUT2D eigenvalue weighted by Gasteiger charge is -2.10. The fraction of sp³-hybridized carbons (Fsp3) is 0.238. The molecular weight excluding hydrogens is 348 g/mol. The summed E-state index contributed by atoms with van der Waals surface area (Å²) in [5.41, 5.74) is 1.06. The van der Waals surface area contributed by atoms with Gasteiger partial charge < -0.3 is 18.9 Å². The second-order valence-corrected chi connectivity index (χ2v) is 6.26. The van der Waals surface area contributed by atoms with Gasteiger partial charge in [0, 0.05) is 11.6 Å². The molecule has 0 radical (unpaired) electrons. The first-order valence-corrected chi connectivity index (χ1v) is 8.45. The topological polar surface area (TPSA) is 71.1 Å². The molecule has 6 heteroatoms. The summed E-state index contributed by atoms with van der Waals surface area (Å²) in [5.74, 6) is 1.04. The molecule has 0 atom stereocenters. The number of hydrogen-bond donors (Lipinski definition) is 0. The summed E-state index contributed by atoms with van der Waals surface area (Å²) in [6.07, 6.45) is 1.60. The monoisotopic (exact) mass is 368 g/mol. The number of benzene rings is 2. The molecule has 1 aliphatic heterocycles. The molecule has 0 fully saturated rings. The zero-order valence-electron chi connectivity index (χ0n) is 15.6. The average Bonchev–Trinajstić information content (AvgIpc) is 2.96. The van der Waals surface area contributed by atoms with Crippen molar-refractivity contribution in [2.24, 2.45) is 5.92 Å². The van der Waals surface area contributed by atoms with Crippen LogP contribution in [-0.2, 0) is 4.79 Å². The van der Waals surface area contributed by atoms with Gasteiger partial charge in [-0.15, -0.1) is 0 Å². The van der Waals surface area contributed by atoms with Crippen LogP contribution in [0.1, 0.15) is 29.8 Å². The van der Waals surface area contributed by atoms with Gasteiger partial charge in [-0.2, -0.15) is 0 Å². The Morgan fingerprint density at radius 2 is 1.89 bits per heavy atom. The number of hydrogen-bond acceptors (Lipinski definition) is 6. The third-order valence-corrected chi connectivity index (χ3v) is 4.05. The van der Waals surface area contributed by atoms with Gasteiger partial charge in [0.15, 0.2) is 17.3 Å². The highest BCUT2D eigenvalue weighted by Gasteiger charge is 2.28. The molecule has 2 aromatic rings. The van der Waals surface area contributed by atoms with Crippen molar-refractivity contribution in [3.63, 3.8) is 0 Å². The number of rotatable bonds is 5. The second kappa shape index (κ2) is 7.53. The fourth-order valence-electron chi connectivity index (χ4n) is 2.63. The number of Topliss-reactive ketones (excluding diaryl/α,β-unsaturated/α-hetero) is 1. The molecule has 0 saturated carbocycles. The summed E-state index contributed by atoms with van der Waals surface area (Å²) in [7, 11) is 3.07. The van der Waals surface area contributed by atoms with Crippen molar-refractivity contribution in [3.05, 3.63) is 53.3 Å². The third-order valence-electron chi connectivity index (χ3n) is 4.05. The van der Waals surface area contributed by atoms with E-state index in [1.165, 1.54) is 13.2 Å². The number of carbonyl (C=O) groups excluding carboxylic acids is 2. The molecule has 0 amide bonds. The van der Waals surface area contributed by atoms with E-state index in [1.54, 1.807) is 57.4 Å². The molecule has 0 N–H and O–H groups in total. The highest BCUT2D eigenvalue weighted by atomic mass is 16.5. The van der Waals surface area contributed by atoms with Crippen molar-refractivity contribution in [2.75, 3.05) is 14.2 Å². The van der Waals surface area contributed by atoms with Gasteiger partial charge in [-0.25, -0.2) is 0 Å². The number of fused-ring (bicyclic) bond motifs is 1. The molecule has 6 nitrogen and oxygen atoms in total. The van der Waals surface area contributed by atoms with Gasteiger partial charge in [0.2, 0.25) is 5.78 Å². The molecule has 0 unspecified atom stereocenters. The first-order valence-electron chi connectivity index (χ1n) is 8.45. The normalized spacial score (nSPS) is 14.1. The maximum Gasteiger partial charge on any atom is 0.313 e. The lowest BCUT2D eigenvalue weighted by Crippen LogP contribution is -2.14. The van der Waals surface area contributed by atoms with Crippen molar-refractivity contribution < 1.29 is 28.5 Å². The quantitative estimate of drug-likeness (QED) is 0.453. The maximum absolute atomic E-state index is 12.6. The van der Waals surface area contributed by atoms with Crippen molar-refractivity contribution in [1.82, 2.24) is 0 Å². The fourth-order valence-corrected chi connectivity index (χ4v) is 2.63. The number of methoxy groups -OCH3 is 2. The van der Waals surface area contributed by atoms with E-state index < -0.39 is 0 Å². The number of ether oxygens (including phenoxy) is 4. The largest absolute Gasteiger partial charge is 0.493 e. The van der Waals surface area contributed by atoms with E-state index in [-0.39, 0.29) is 23.4 Å². The standard InChI is InChI=1S/C21H20O6/c1-12(2)21(23)26-14-8-9-15-17(11-14)27-18(19(15)22)10-13-6-5-7-16(24-3)20(13)25-4/h5-12H,1-4H3/b18-10-. The highest BCUT2D eigenvalue weighted by molar-refractivity contribution is 6.14. The molecule has 0 spiro atoms. The van der Waals surface area contributed by atoms with Gasteiger partial charge in [-0.1, -0.05) is 26.0 Å². The Labute approximate surface area is 157 Å². The Balaban J connectivity index is 1.91. The molecule has 0 aromatic heterocycles. The van der Waals surface area contributed by atoms with Crippen LogP contribution >= 0.6 is 0 Å². The van der Waals surface area contributed by atoms with E-state index in [0.29, 0.717) is 34.1 Å². The number of carbonyl (C=O) groups is 2. The Morgan fingerprint density at radius 3 is 2.56 bits per heavy atom. The van der Waals surface area contributed by atoms with E-state index in [4.69, 9.17) is 18.9 Å². The average molecular weight is 368 g/mol. The van der Waals surface area contributed by atoms with E-state index in [9.17, 15) is 9.59 Å². The van der Waals surface area contributed by atoms with Crippen LogP contribution in [0.4, 0.5) is 0 Å². The van der Waals surface area contributed by atoms with E-state index in [1.807, 2.05) is 0 Å². The number of allylic oxidation sites excluding steroid dienone is 1. The molecule has 27 heavy (non-hydrogen) atoms. The molecule has 0 bridgehead atoms. The predicted molar refractivity (Wildman–Crippen MR) is 99.4 cm³/mol. The van der Waals surface area contributed by atoms with Crippen LogP contribution in [-0.4, -0.2) is 26.0 Å². The summed E-state index contributed by atoms with van der Waals surface area (Å²) in [5, 5.41) is 0. The first-order chi connectivity index (χ1) is 12.9. The van der Waals surface area contributed by atoms with Crippen molar-refractivity contribution in [2.45, 2.75) is 13.8 Å². The lowest BCUT2D eigenvalue weighted by molar-refractivity contribution is -0.137. The van der Waals surface area contributed by atoms with Crippen LogP contribution in [0.25, 0.3) is 6.08 Å². The second-order valence-electron chi connectivity index (χ2n) is 6.26. The van der Waals surface area contributed by atoms with Crippen molar-refractivity contribution in [3.8, 4) is 23.0 Å². The molecular formula is C21H20O6. The van der Waals surface area contributed by atoms with Crippen LogP contribution in [0.15, 0.2) is 42.2 Å². The van der Waals surface area contributed by atoms with Crippen molar-refractivity contribution in [1.29, 1.82) is 0 Å². The van der Waals surface area contributed by atoms with Gasteiger partial charge in [0.25, 0.3) is 0 Å². The number of ketones is 1. The summed E-state index contributed by atoms with van der Waals surface area (Å²) >= 11 is 0. The molecule has 0 saturated heterocycles.